The Morgan fingerprint density at radius 3 is 2.88 bits per heavy atom. The molecule has 0 spiro atoms. The van der Waals surface area contributed by atoms with Gasteiger partial charge in [-0.05, 0) is 30.5 Å². The normalized spacial score (nSPS) is 14.1. The first-order valence-electron chi connectivity index (χ1n) is 7.74. The number of fused-ring (bicyclic) bond motifs is 1. The van der Waals surface area contributed by atoms with Crippen molar-refractivity contribution in [3.05, 3.63) is 64.5 Å². The fourth-order valence-electron chi connectivity index (χ4n) is 2.66. The maximum atomic E-state index is 12.1. The Hall–Kier alpha value is -2.37. The van der Waals surface area contributed by atoms with Crippen molar-refractivity contribution in [2.24, 2.45) is 7.05 Å². The number of carbonyl (C=O) groups is 1. The molecule has 4 nitrogen and oxygen atoms in total. The Labute approximate surface area is 145 Å². The molecule has 0 radical (unpaired) electrons. The lowest BCUT2D eigenvalue weighted by Crippen LogP contribution is -2.37. The molecule has 3 aromatic rings. The number of nitrogens with one attached hydrogen (secondary N) is 1. The minimum absolute atomic E-state index is 0.173. The van der Waals surface area contributed by atoms with E-state index >= 15 is 0 Å². The third-order valence-electron chi connectivity index (χ3n) is 4.00. The standard InChI is InChI=1S/C19H20N2O2S/c1-19(23,17-8-5-11-24-17)13-20-18(22)10-9-14-12-21(2)16-7-4-3-6-15(14)16/h3-12,23H,13H2,1-2H3,(H,20,22). The quantitative estimate of drug-likeness (QED) is 0.700. The zero-order valence-corrected chi connectivity index (χ0v) is 14.5. The summed E-state index contributed by atoms with van der Waals surface area (Å²) in [6.07, 6.45) is 5.31. The summed E-state index contributed by atoms with van der Waals surface area (Å²) in [5.41, 5.74) is 1.06. The molecule has 0 aliphatic heterocycles. The molecule has 1 amide bonds. The molecule has 2 heterocycles. The first-order valence-corrected chi connectivity index (χ1v) is 8.62. The van der Waals surface area contributed by atoms with E-state index in [1.807, 2.05) is 59.6 Å². The van der Waals surface area contributed by atoms with E-state index < -0.39 is 5.60 Å². The lowest BCUT2D eigenvalue weighted by Gasteiger charge is -2.21. The Balaban J connectivity index is 1.67. The molecule has 1 unspecified atom stereocenters. The van der Waals surface area contributed by atoms with Gasteiger partial charge < -0.3 is 15.0 Å². The van der Waals surface area contributed by atoms with Crippen LogP contribution in [0.5, 0.6) is 0 Å². The third-order valence-corrected chi connectivity index (χ3v) is 5.12. The molecule has 0 aliphatic rings. The lowest BCUT2D eigenvalue weighted by molar-refractivity contribution is -0.117. The van der Waals surface area contributed by atoms with Crippen LogP contribution < -0.4 is 5.32 Å². The van der Waals surface area contributed by atoms with Gasteiger partial charge in [0, 0.05) is 40.7 Å². The highest BCUT2D eigenvalue weighted by Gasteiger charge is 2.24. The summed E-state index contributed by atoms with van der Waals surface area (Å²) in [5.74, 6) is -0.222. The van der Waals surface area contributed by atoms with Crippen LogP contribution in [-0.2, 0) is 17.4 Å². The second-order valence-electron chi connectivity index (χ2n) is 6.01. The zero-order valence-electron chi connectivity index (χ0n) is 13.7. The molecule has 0 bridgehead atoms. The summed E-state index contributed by atoms with van der Waals surface area (Å²) < 4.78 is 2.04. The number of hydrogen-bond donors (Lipinski definition) is 2. The van der Waals surface area contributed by atoms with Crippen LogP contribution >= 0.6 is 11.3 Å². The SMILES string of the molecule is Cn1cc(C=CC(=O)NCC(C)(O)c2cccs2)c2ccccc21. The van der Waals surface area contributed by atoms with Crippen molar-refractivity contribution < 1.29 is 9.90 Å². The summed E-state index contributed by atoms with van der Waals surface area (Å²) in [6.45, 7) is 1.87. The molecule has 2 aromatic heterocycles. The Kier molecular flexibility index (Phi) is 4.55. The molecular weight excluding hydrogens is 320 g/mol. The number of carbonyl (C=O) groups excluding carboxylic acids is 1. The van der Waals surface area contributed by atoms with Gasteiger partial charge in [-0.25, -0.2) is 0 Å². The van der Waals surface area contributed by atoms with Crippen molar-refractivity contribution in [2.45, 2.75) is 12.5 Å². The van der Waals surface area contributed by atoms with Gasteiger partial charge in [-0.1, -0.05) is 24.3 Å². The maximum Gasteiger partial charge on any atom is 0.244 e. The fourth-order valence-corrected chi connectivity index (χ4v) is 3.45. The summed E-state index contributed by atoms with van der Waals surface area (Å²) in [5, 5.41) is 16.2. The van der Waals surface area contributed by atoms with E-state index in [0.29, 0.717) is 0 Å². The van der Waals surface area contributed by atoms with Crippen molar-refractivity contribution in [1.29, 1.82) is 0 Å². The van der Waals surface area contributed by atoms with Crippen LogP contribution in [0.15, 0.2) is 54.1 Å². The molecule has 2 N–H and O–H groups in total. The average Bonchev–Trinajstić information content (AvgIpc) is 3.21. The van der Waals surface area contributed by atoms with Crippen LogP contribution in [0.1, 0.15) is 17.4 Å². The molecule has 0 aliphatic carbocycles. The highest BCUT2D eigenvalue weighted by Crippen LogP contribution is 2.24. The van der Waals surface area contributed by atoms with Gasteiger partial charge in [0.1, 0.15) is 5.60 Å². The molecule has 124 valence electrons. The van der Waals surface area contributed by atoms with E-state index in [1.54, 1.807) is 13.0 Å². The lowest BCUT2D eigenvalue weighted by atomic mass is 10.1. The van der Waals surface area contributed by atoms with Crippen LogP contribution in [0.4, 0.5) is 0 Å². The number of thiophene rings is 1. The van der Waals surface area contributed by atoms with Crippen molar-refractivity contribution in [2.75, 3.05) is 6.54 Å². The molecule has 3 rings (SSSR count). The van der Waals surface area contributed by atoms with Gasteiger partial charge in [-0.3, -0.25) is 4.79 Å². The first-order chi connectivity index (χ1) is 11.5. The first kappa shape index (κ1) is 16.5. The number of aromatic nitrogens is 1. The van der Waals surface area contributed by atoms with Crippen LogP contribution in [0.3, 0.4) is 0 Å². The highest BCUT2D eigenvalue weighted by molar-refractivity contribution is 7.10. The van der Waals surface area contributed by atoms with Crippen LogP contribution in [0.25, 0.3) is 17.0 Å². The number of nitrogens with zero attached hydrogens (tertiary/aromatic N) is 1. The minimum atomic E-state index is -1.06. The Bertz CT molecular complexity index is 876. The van der Waals surface area contributed by atoms with Crippen molar-refractivity contribution in [3.8, 4) is 0 Å². The predicted octanol–water partition coefficient (Wildman–Crippen LogP) is 3.28. The number of para-hydroxylation sites is 1. The van der Waals surface area contributed by atoms with Crippen molar-refractivity contribution in [1.82, 2.24) is 9.88 Å². The largest absolute Gasteiger partial charge is 0.383 e. The van der Waals surface area contributed by atoms with Gasteiger partial charge in [0.2, 0.25) is 5.91 Å². The second-order valence-corrected chi connectivity index (χ2v) is 6.96. The summed E-state index contributed by atoms with van der Waals surface area (Å²) in [6, 6.07) is 11.8. The molecule has 0 saturated carbocycles. The molecular formula is C19H20N2O2S. The molecule has 0 saturated heterocycles. The highest BCUT2D eigenvalue weighted by atomic mass is 32.1. The number of amides is 1. The number of benzene rings is 1. The number of aliphatic hydroxyl groups is 1. The number of rotatable bonds is 5. The molecule has 1 atom stereocenters. The van der Waals surface area contributed by atoms with E-state index in [9.17, 15) is 9.90 Å². The van der Waals surface area contributed by atoms with Gasteiger partial charge in [0.25, 0.3) is 0 Å². The van der Waals surface area contributed by atoms with Gasteiger partial charge in [-0.2, -0.15) is 0 Å². The number of aryl methyl sites for hydroxylation is 1. The van der Waals surface area contributed by atoms with Crippen molar-refractivity contribution in [3.63, 3.8) is 0 Å². The monoisotopic (exact) mass is 340 g/mol. The van der Waals surface area contributed by atoms with E-state index in [2.05, 4.69) is 5.32 Å². The molecule has 24 heavy (non-hydrogen) atoms. The van der Waals surface area contributed by atoms with E-state index in [-0.39, 0.29) is 12.5 Å². The van der Waals surface area contributed by atoms with Gasteiger partial charge in [0.05, 0.1) is 6.54 Å². The van der Waals surface area contributed by atoms with Gasteiger partial charge in [0.15, 0.2) is 0 Å². The average molecular weight is 340 g/mol. The minimum Gasteiger partial charge on any atom is -0.383 e. The van der Waals surface area contributed by atoms with Gasteiger partial charge in [-0.15, -0.1) is 11.3 Å². The molecule has 5 heteroatoms. The molecule has 0 fully saturated rings. The smallest absolute Gasteiger partial charge is 0.244 e. The zero-order chi connectivity index (χ0) is 17.2. The second kappa shape index (κ2) is 6.63. The van der Waals surface area contributed by atoms with Crippen LogP contribution in [0, 0.1) is 0 Å². The van der Waals surface area contributed by atoms with Crippen LogP contribution in [-0.4, -0.2) is 22.1 Å². The predicted molar refractivity (Wildman–Crippen MR) is 98.9 cm³/mol. The Morgan fingerprint density at radius 1 is 1.33 bits per heavy atom. The van der Waals surface area contributed by atoms with E-state index in [0.717, 1.165) is 21.3 Å². The fraction of sp³-hybridized carbons (Fsp3) is 0.211. The Morgan fingerprint density at radius 2 is 2.12 bits per heavy atom. The summed E-state index contributed by atoms with van der Waals surface area (Å²) in [4.78, 5) is 12.9. The van der Waals surface area contributed by atoms with Crippen molar-refractivity contribution >= 4 is 34.2 Å². The topological polar surface area (TPSA) is 54.3 Å². The third kappa shape index (κ3) is 3.42. The molecule has 1 aromatic carbocycles. The van der Waals surface area contributed by atoms with E-state index in [4.69, 9.17) is 0 Å². The van der Waals surface area contributed by atoms with E-state index in [1.165, 1.54) is 17.4 Å². The summed E-state index contributed by atoms with van der Waals surface area (Å²) in [7, 11) is 1.98. The maximum absolute atomic E-state index is 12.1. The number of hydrogen-bond acceptors (Lipinski definition) is 3. The summed E-state index contributed by atoms with van der Waals surface area (Å²) >= 11 is 1.47. The van der Waals surface area contributed by atoms with Gasteiger partial charge >= 0.3 is 0 Å². The van der Waals surface area contributed by atoms with Crippen LogP contribution in [0.2, 0.25) is 0 Å².